The Morgan fingerprint density at radius 1 is 1.14 bits per heavy atom. The second-order valence-electron chi connectivity index (χ2n) is 7.72. The van der Waals surface area contributed by atoms with Crippen LogP contribution in [0.1, 0.15) is 16.1 Å². The molecule has 7 nitrogen and oxygen atoms in total. The van der Waals surface area contributed by atoms with E-state index in [0.29, 0.717) is 16.5 Å². The van der Waals surface area contributed by atoms with Crippen LogP contribution in [-0.4, -0.2) is 48.3 Å². The number of anilines is 2. The molecule has 0 bridgehead atoms. The fourth-order valence-corrected chi connectivity index (χ4v) is 4.23. The Kier molecular flexibility index (Phi) is 7.31. The zero-order valence-electron chi connectivity index (χ0n) is 18.9. The largest absolute Gasteiger partial charge is 0.435 e. The fraction of sp³-hybridized carbons (Fsp3) is 0.160. The number of benzene rings is 2. The maximum absolute atomic E-state index is 13.3. The maximum atomic E-state index is 13.3. The monoisotopic (exact) mass is 496 g/mol. The number of aromatic amines is 1. The van der Waals surface area contributed by atoms with Crippen LogP contribution in [-0.2, 0) is 4.79 Å². The van der Waals surface area contributed by atoms with Crippen LogP contribution in [0.25, 0.3) is 6.08 Å². The third-order valence-corrected chi connectivity index (χ3v) is 6.03. The van der Waals surface area contributed by atoms with Gasteiger partial charge in [-0.2, -0.15) is 8.78 Å². The standard InChI is InChI=1S/C25H22F2N4O3S/c1-30(2)17-7-5-16(6-8-17)14-21-23(33)31(18-9-11-19(12-10-18)34-24(26)27)25(29-21)35-15-22(32)20-4-3-13-28-20/h3-14,24,28H,15H2,1-2H3/b21-14-. The minimum Gasteiger partial charge on any atom is -0.435 e. The van der Waals surface area contributed by atoms with Crippen molar-refractivity contribution in [3.05, 3.63) is 83.8 Å². The summed E-state index contributed by atoms with van der Waals surface area (Å²) in [5, 5.41) is 0.314. The van der Waals surface area contributed by atoms with E-state index in [2.05, 4.69) is 14.7 Å². The Labute approximate surface area is 205 Å². The number of nitrogens with zero attached hydrogens (tertiary/aromatic N) is 3. The minimum atomic E-state index is -2.95. The number of amidine groups is 1. The number of halogens is 2. The molecule has 0 radical (unpaired) electrons. The summed E-state index contributed by atoms with van der Waals surface area (Å²) in [5.41, 5.74) is 2.88. The number of ketones is 1. The lowest BCUT2D eigenvalue weighted by Crippen LogP contribution is -2.30. The lowest BCUT2D eigenvalue weighted by atomic mass is 10.1. The van der Waals surface area contributed by atoms with Crippen molar-refractivity contribution >= 4 is 46.1 Å². The van der Waals surface area contributed by atoms with Gasteiger partial charge in [0.1, 0.15) is 11.4 Å². The van der Waals surface area contributed by atoms with Gasteiger partial charge in [-0.3, -0.25) is 14.5 Å². The van der Waals surface area contributed by atoms with Crippen molar-refractivity contribution in [1.82, 2.24) is 4.98 Å². The molecule has 1 aliphatic rings. The number of hydrogen-bond acceptors (Lipinski definition) is 6. The smallest absolute Gasteiger partial charge is 0.387 e. The Bertz CT molecular complexity index is 1250. The molecule has 0 aliphatic carbocycles. The molecule has 2 aromatic carbocycles. The average molecular weight is 497 g/mol. The molecular formula is C25H22F2N4O3S. The first-order valence-corrected chi connectivity index (χ1v) is 11.6. The van der Waals surface area contributed by atoms with Gasteiger partial charge in [0.15, 0.2) is 11.0 Å². The second-order valence-corrected chi connectivity index (χ2v) is 8.66. The van der Waals surface area contributed by atoms with E-state index in [0.717, 1.165) is 23.0 Å². The first kappa shape index (κ1) is 24.2. The molecule has 0 atom stereocenters. The van der Waals surface area contributed by atoms with E-state index < -0.39 is 6.61 Å². The van der Waals surface area contributed by atoms with Gasteiger partial charge in [0, 0.05) is 26.0 Å². The van der Waals surface area contributed by atoms with Crippen molar-refractivity contribution in [2.24, 2.45) is 4.99 Å². The van der Waals surface area contributed by atoms with Gasteiger partial charge in [-0.15, -0.1) is 0 Å². The average Bonchev–Trinajstić information content (AvgIpc) is 3.47. The predicted octanol–water partition coefficient (Wildman–Crippen LogP) is 5.04. The molecule has 0 fully saturated rings. The molecule has 2 heterocycles. The number of alkyl halides is 2. The van der Waals surface area contributed by atoms with Crippen LogP contribution in [0.5, 0.6) is 5.75 Å². The Balaban J connectivity index is 1.61. The van der Waals surface area contributed by atoms with Crippen molar-refractivity contribution in [2.75, 3.05) is 29.6 Å². The van der Waals surface area contributed by atoms with Crippen molar-refractivity contribution < 1.29 is 23.1 Å². The molecule has 0 spiro atoms. The third-order valence-electron chi connectivity index (χ3n) is 5.09. The number of aliphatic imine (C=N–C) groups is 1. The normalized spacial score (nSPS) is 14.5. The number of amides is 1. The predicted molar refractivity (Wildman–Crippen MR) is 134 cm³/mol. The molecule has 10 heteroatoms. The lowest BCUT2D eigenvalue weighted by molar-refractivity contribution is -0.113. The van der Waals surface area contributed by atoms with Gasteiger partial charge in [-0.05, 0) is 60.2 Å². The van der Waals surface area contributed by atoms with E-state index >= 15 is 0 Å². The molecule has 1 amide bonds. The van der Waals surface area contributed by atoms with E-state index in [1.807, 2.05) is 43.3 Å². The van der Waals surface area contributed by atoms with E-state index in [9.17, 15) is 18.4 Å². The van der Waals surface area contributed by atoms with Gasteiger partial charge in [0.2, 0.25) is 0 Å². The Morgan fingerprint density at radius 3 is 2.46 bits per heavy atom. The highest BCUT2D eigenvalue weighted by Gasteiger charge is 2.32. The Morgan fingerprint density at radius 2 is 1.86 bits per heavy atom. The number of thioether (sulfide) groups is 1. The zero-order valence-corrected chi connectivity index (χ0v) is 19.8. The summed E-state index contributed by atoms with van der Waals surface area (Å²) in [7, 11) is 3.87. The van der Waals surface area contributed by atoms with Gasteiger partial charge in [0.05, 0.1) is 17.1 Å². The fourth-order valence-electron chi connectivity index (χ4n) is 3.34. The number of nitrogens with one attached hydrogen (secondary N) is 1. The van der Waals surface area contributed by atoms with Crippen LogP contribution in [0, 0.1) is 0 Å². The van der Waals surface area contributed by atoms with Gasteiger partial charge >= 0.3 is 6.61 Å². The van der Waals surface area contributed by atoms with Crippen molar-refractivity contribution in [3.63, 3.8) is 0 Å². The number of ether oxygens (including phenoxy) is 1. The van der Waals surface area contributed by atoms with E-state index in [4.69, 9.17) is 0 Å². The summed E-state index contributed by atoms with van der Waals surface area (Å²) in [6.45, 7) is -2.95. The highest BCUT2D eigenvalue weighted by molar-refractivity contribution is 8.14. The molecule has 3 aromatic rings. The summed E-state index contributed by atoms with van der Waals surface area (Å²) in [6, 6.07) is 16.7. The summed E-state index contributed by atoms with van der Waals surface area (Å²) >= 11 is 1.12. The SMILES string of the molecule is CN(C)c1ccc(/C=C2\N=C(SCC(=O)c3ccc[nH]3)N(c3ccc(OC(F)F)cc3)C2=O)cc1. The molecule has 180 valence electrons. The number of carbonyl (C=O) groups is 2. The van der Waals surface area contributed by atoms with Crippen molar-refractivity contribution in [2.45, 2.75) is 6.61 Å². The molecule has 1 aromatic heterocycles. The van der Waals surface area contributed by atoms with Gasteiger partial charge < -0.3 is 14.6 Å². The topological polar surface area (TPSA) is 78.0 Å². The van der Waals surface area contributed by atoms with E-state index in [1.165, 1.54) is 29.2 Å². The van der Waals surface area contributed by atoms with Crippen LogP contribution in [0.2, 0.25) is 0 Å². The highest BCUT2D eigenvalue weighted by Crippen LogP contribution is 2.31. The highest BCUT2D eigenvalue weighted by atomic mass is 32.2. The number of Topliss-reactive ketones (excluding diaryl/α,β-unsaturated/α-hetero) is 1. The first-order valence-electron chi connectivity index (χ1n) is 10.6. The molecule has 0 unspecified atom stereocenters. The quantitative estimate of drug-likeness (QED) is 0.349. The van der Waals surface area contributed by atoms with Crippen LogP contribution < -0.4 is 14.5 Å². The third kappa shape index (κ3) is 5.78. The molecule has 35 heavy (non-hydrogen) atoms. The number of carbonyl (C=O) groups excluding carboxylic acids is 2. The maximum Gasteiger partial charge on any atom is 0.387 e. The summed E-state index contributed by atoms with van der Waals surface area (Å²) in [5.74, 6) is -0.507. The van der Waals surface area contributed by atoms with Crippen molar-refractivity contribution in [3.8, 4) is 5.75 Å². The minimum absolute atomic E-state index is 0.0276. The number of hydrogen-bond donors (Lipinski definition) is 1. The molecule has 0 saturated carbocycles. The van der Waals surface area contributed by atoms with E-state index in [1.54, 1.807) is 24.4 Å². The first-order chi connectivity index (χ1) is 16.8. The van der Waals surface area contributed by atoms with Crippen LogP contribution >= 0.6 is 11.8 Å². The second kappa shape index (κ2) is 10.6. The Hall–Kier alpha value is -3.92. The van der Waals surface area contributed by atoms with Gasteiger partial charge in [-0.25, -0.2) is 4.99 Å². The number of aromatic nitrogens is 1. The number of rotatable bonds is 8. The molecule has 1 aliphatic heterocycles. The molecule has 4 rings (SSSR count). The summed E-state index contributed by atoms with van der Waals surface area (Å²) in [6.07, 6.45) is 3.33. The van der Waals surface area contributed by atoms with Gasteiger partial charge in [-0.1, -0.05) is 23.9 Å². The van der Waals surface area contributed by atoms with Gasteiger partial charge in [0.25, 0.3) is 5.91 Å². The van der Waals surface area contributed by atoms with E-state index in [-0.39, 0.29) is 28.9 Å². The summed E-state index contributed by atoms with van der Waals surface area (Å²) in [4.78, 5) is 36.5. The number of H-pyrrole nitrogens is 1. The molecular weight excluding hydrogens is 474 g/mol. The molecule has 0 saturated heterocycles. The van der Waals surface area contributed by atoms with Crippen LogP contribution in [0.15, 0.2) is 77.5 Å². The van der Waals surface area contributed by atoms with Crippen LogP contribution in [0.4, 0.5) is 20.2 Å². The molecule has 1 N–H and O–H groups in total. The lowest BCUT2D eigenvalue weighted by Gasteiger charge is -2.18. The zero-order chi connectivity index (χ0) is 24.9. The van der Waals surface area contributed by atoms with Crippen LogP contribution in [0.3, 0.4) is 0 Å². The van der Waals surface area contributed by atoms with Crippen molar-refractivity contribution in [1.29, 1.82) is 0 Å². The summed E-state index contributed by atoms with van der Waals surface area (Å²) < 4.78 is 29.4.